The van der Waals surface area contributed by atoms with Gasteiger partial charge in [0.2, 0.25) is 0 Å². The molecule has 0 atom stereocenters. The van der Waals surface area contributed by atoms with Gasteiger partial charge in [-0.05, 0) is 24.3 Å². The van der Waals surface area contributed by atoms with Gasteiger partial charge in [0.05, 0.1) is 20.7 Å². The molecule has 0 saturated heterocycles. The van der Waals surface area contributed by atoms with Gasteiger partial charge in [0.15, 0.2) is 0 Å². The smallest absolute Gasteiger partial charge is 0.269 e. The molecule has 0 aliphatic carbocycles. The SMILES string of the molecule is N#C/C(=C\Nc1ccc([N+](=O)[O-])cc1)c1nc(-c2ccc(Cl)c(Cl)c2)cs1. The highest BCUT2D eigenvalue weighted by molar-refractivity contribution is 7.11. The van der Waals surface area contributed by atoms with E-state index in [1.165, 1.54) is 29.7 Å². The number of rotatable bonds is 5. The van der Waals surface area contributed by atoms with Crippen molar-refractivity contribution in [2.24, 2.45) is 0 Å². The first-order valence-electron chi connectivity index (χ1n) is 7.50. The summed E-state index contributed by atoms with van der Waals surface area (Å²) in [6, 6.07) is 13.2. The fourth-order valence-corrected chi connectivity index (χ4v) is 3.25. The standard InChI is InChI=1S/C18H10Cl2N4O2S/c19-15-6-1-11(7-16(15)20)17-10-27-18(23-17)12(8-21)9-22-13-2-4-14(5-3-13)24(25)26/h1-7,9-10,22H/b12-9+. The summed E-state index contributed by atoms with van der Waals surface area (Å²) in [6.45, 7) is 0. The predicted molar refractivity (Wildman–Crippen MR) is 108 cm³/mol. The van der Waals surface area contributed by atoms with Gasteiger partial charge >= 0.3 is 0 Å². The third kappa shape index (κ3) is 4.44. The zero-order valence-electron chi connectivity index (χ0n) is 13.5. The van der Waals surface area contributed by atoms with Crippen molar-refractivity contribution in [3.63, 3.8) is 0 Å². The fourth-order valence-electron chi connectivity index (χ4n) is 2.16. The number of benzene rings is 2. The largest absolute Gasteiger partial charge is 0.360 e. The van der Waals surface area contributed by atoms with Crippen LogP contribution in [0, 0.1) is 21.4 Å². The van der Waals surface area contributed by atoms with Gasteiger partial charge < -0.3 is 5.32 Å². The number of nitrogens with zero attached hydrogens (tertiary/aromatic N) is 3. The van der Waals surface area contributed by atoms with Crippen LogP contribution >= 0.6 is 34.5 Å². The quantitative estimate of drug-likeness (QED) is 0.312. The molecule has 0 radical (unpaired) electrons. The number of nitro groups is 1. The molecule has 0 aliphatic heterocycles. The van der Waals surface area contributed by atoms with Crippen LogP contribution in [0.4, 0.5) is 11.4 Å². The Morgan fingerprint density at radius 1 is 1.22 bits per heavy atom. The summed E-state index contributed by atoms with van der Waals surface area (Å²) in [6.07, 6.45) is 1.51. The lowest BCUT2D eigenvalue weighted by Gasteiger charge is -2.01. The van der Waals surface area contributed by atoms with Crippen LogP contribution in [0.15, 0.2) is 54.0 Å². The van der Waals surface area contributed by atoms with Crippen molar-refractivity contribution in [2.45, 2.75) is 0 Å². The molecule has 0 aliphatic rings. The van der Waals surface area contributed by atoms with Crippen molar-refractivity contribution in [1.29, 1.82) is 5.26 Å². The van der Waals surface area contributed by atoms with Crippen molar-refractivity contribution in [2.75, 3.05) is 5.32 Å². The van der Waals surface area contributed by atoms with Gasteiger partial charge in [0.25, 0.3) is 5.69 Å². The van der Waals surface area contributed by atoms with Crippen LogP contribution < -0.4 is 5.32 Å². The summed E-state index contributed by atoms with van der Waals surface area (Å²) in [5.74, 6) is 0. The van der Waals surface area contributed by atoms with Gasteiger partial charge in [-0.25, -0.2) is 4.98 Å². The van der Waals surface area contributed by atoms with Crippen LogP contribution in [0.5, 0.6) is 0 Å². The summed E-state index contributed by atoms with van der Waals surface area (Å²) in [7, 11) is 0. The summed E-state index contributed by atoms with van der Waals surface area (Å²) >= 11 is 13.3. The molecule has 0 unspecified atom stereocenters. The Kier molecular flexibility index (Phi) is 5.72. The number of thiazole rings is 1. The molecule has 3 aromatic rings. The topological polar surface area (TPSA) is 91.8 Å². The number of non-ortho nitro benzene ring substituents is 1. The highest BCUT2D eigenvalue weighted by Gasteiger charge is 2.10. The minimum Gasteiger partial charge on any atom is -0.360 e. The van der Waals surface area contributed by atoms with Gasteiger partial charge in [-0.15, -0.1) is 11.3 Å². The minimum atomic E-state index is -0.472. The zero-order valence-corrected chi connectivity index (χ0v) is 15.8. The second kappa shape index (κ2) is 8.18. The average Bonchev–Trinajstić information content (AvgIpc) is 3.15. The lowest BCUT2D eigenvalue weighted by molar-refractivity contribution is -0.384. The molecule has 9 heteroatoms. The van der Waals surface area contributed by atoms with Crippen molar-refractivity contribution in [3.05, 3.63) is 79.2 Å². The molecule has 1 aromatic heterocycles. The van der Waals surface area contributed by atoms with Gasteiger partial charge in [-0.1, -0.05) is 29.3 Å². The number of nitriles is 1. The number of anilines is 1. The highest BCUT2D eigenvalue weighted by Crippen LogP contribution is 2.30. The van der Waals surface area contributed by atoms with E-state index >= 15 is 0 Å². The molecule has 0 fully saturated rings. The van der Waals surface area contributed by atoms with E-state index in [1.807, 2.05) is 5.38 Å². The van der Waals surface area contributed by atoms with E-state index in [9.17, 15) is 15.4 Å². The Labute approximate surface area is 168 Å². The molecule has 6 nitrogen and oxygen atoms in total. The van der Waals surface area contributed by atoms with Crippen molar-refractivity contribution in [1.82, 2.24) is 4.98 Å². The Balaban J connectivity index is 1.80. The Hall–Kier alpha value is -2.92. The maximum atomic E-state index is 10.7. The van der Waals surface area contributed by atoms with Gasteiger partial charge in [-0.2, -0.15) is 5.26 Å². The normalized spacial score (nSPS) is 11.1. The second-order valence-corrected chi connectivity index (χ2v) is 6.96. The Morgan fingerprint density at radius 2 is 1.96 bits per heavy atom. The molecule has 27 heavy (non-hydrogen) atoms. The number of nitrogens with one attached hydrogen (secondary N) is 1. The maximum absolute atomic E-state index is 10.7. The van der Waals surface area contributed by atoms with Crippen LogP contribution in [0.25, 0.3) is 16.8 Å². The van der Waals surface area contributed by atoms with Crippen LogP contribution in [0.1, 0.15) is 5.01 Å². The minimum absolute atomic E-state index is 0.00349. The molecule has 0 amide bonds. The average molecular weight is 417 g/mol. The van der Waals surface area contributed by atoms with Gasteiger partial charge in [0.1, 0.15) is 16.6 Å². The molecular formula is C18H10Cl2N4O2S. The molecular weight excluding hydrogens is 407 g/mol. The van der Waals surface area contributed by atoms with Crippen molar-refractivity contribution in [3.8, 4) is 17.3 Å². The first-order chi connectivity index (χ1) is 13.0. The monoisotopic (exact) mass is 416 g/mol. The Bertz CT molecular complexity index is 1070. The zero-order chi connectivity index (χ0) is 19.4. The van der Waals surface area contributed by atoms with E-state index in [0.29, 0.717) is 32.0 Å². The fraction of sp³-hybridized carbons (Fsp3) is 0. The molecule has 0 spiro atoms. The lowest BCUT2D eigenvalue weighted by atomic mass is 10.2. The number of halogens is 2. The number of nitro benzene ring substituents is 1. The first-order valence-corrected chi connectivity index (χ1v) is 9.14. The van der Waals surface area contributed by atoms with E-state index in [-0.39, 0.29) is 5.69 Å². The van der Waals surface area contributed by atoms with E-state index < -0.39 is 4.92 Å². The van der Waals surface area contributed by atoms with Crippen LogP contribution in [-0.4, -0.2) is 9.91 Å². The van der Waals surface area contributed by atoms with Crippen LogP contribution in [-0.2, 0) is 0 Å². The third-order valence-electron chi connectivity index (χ3n) is 3.53. The number of hydrogen-bond acceptors (Lipinski definition) is 6. The molecule has 0 bridgehead atoms. The number of hydrogen-bond donors (Lipinski definition) is 1. The molecule has 2 aromatic carbocycles. The highest BCUT2D eigenvalue weighted by atomic mass is 35.5. The Morgan fingerprint density at radius 3 is 2.59 bits per heavy atom. The third-order valence-corrected chi connectivity index (χ3v) is 5.15. The molecule has 0 saturated carbocycles. The second-order valence-electron chi connectivity index (χ2n) is 5.28. The van der Waals surface area contributed by atoms with Crippen LogP contribution in [0.3, 0.4) is 0 Å². The molecule has 134 valence electrons. The van der Waals surface area contributed by atoms with E-state index in [4.69, 9.17) is 23.2 Å². The van der Waals surface area contributed by atoms with Gasteiger partial charge in [-0.3, -0.25) is 10.1 Å². The molecule has 3 rings (SSSR count). The maximum Gasteiger partial charge on any atom is 0.269 e. The van der Waals surface area contributed by atoms with Crippen molar-refractivity contribution >= 4 is 51.5 Å². The summed E-state index contributed by atoms with van der Waals surface area (Å²) in [5, 5.41) is 26.3. The van der Waals surface area contributed by atoms with Crippen molar-refractivity contribution < 1.29 is 4.92 Å². The summed E-state index contributed by atoms with van der Waals surface area (Å²) in [5.41, 5.74) is 2.44. The van der Waals surface area contributed by atoms with E-state index in [0.717, 1.165) is 5.56 Å². The molecule has 1 N–H and O–H groups in total. The van der Waals surface area contributed by atoms with Gasteiger partial charge in [0, 0.05) is 35.0 Å². The lowest BCUT2D eigenvalue weighted by Crippen LogP contribution is -1.92. The summed E-state index contributed by atoms with van der Waals surface area (Å²) in [4.78, 5) is 14.7. The van der Waals surface area contributed by atoms with E-state index in [1.54, 1.807) is 30.3 Å². The van der Waals surface area contributed by atoms with E-state index in [2.05, 4.69) is 16.4 Å². The molecule has 1 heterocycles. The number of allylic oxidation sites excluding steroid dienone is 1. The predicted octanol–water partition coefficient (Wildman–Crippen LogP) is 6.00. The summed E-state index contributed by atoms with van der Waals surface area (Å²) < 4.78 is 0. The number of aromatic nitrogens is 1. The first kappa shape index (κ1) is 18.9. The van der Waals surface area contributed by atoms with Crippen LogP contribution in [0.2, 0.25) is 10.0 Å².